The Kier molecular flexibility index (Phi) is 8.10. The van der Waals surface area contributed by atoms with Crippen LogP contribution >= 0.6 is 11.8 Å². The van der Waals surface area contributed by atoms with Crippen molar-refractivity contribution in [3.63, 3.8) is 0 Å². The number of benzene rings is 1. The molecule has 0 fully saturated rings. The summed E-state index contributed by atoms with van der Waals surface area (Å²) in [4.78, 5) is 49.5. The summed E-state index contributed by atoms with van der Waals surface area (Å²) in [6.07, 6.45) is -0.852. The maximum absolute atomic E-state index is 12.7. The van der Waals surface area contributed by atoms with Crippen LogP contribution in [-0.4, -0.2) is 61.1 Å². The van der Waals surface area contributed by atoms with Crippen LogP contribution in [0, 0.1) is 0 Å². The first-order valence-corrected chi connectivity index (χ1v) is 10.5. The number of methoxy groups -OCH3 is 1. The molecule has 2 atom stereocenters. The summed E-state index contributed by atoms with van der Waals surface area (Å²) in [7, 11) is 1.22. The van der Waals surface area contributed by atoms with Crippen LogP contribution in [0.5, 0.6) is 0 Å². The van der Waals surface area contributed by atoms with E-state index < -0.39 is 48.2 Å². The Morgan fingerprint density at radius 3 is 2.60 bits per heavy atom. The number of thioether (sulfide) groups is 1. The first kappa shape index (κ1) is 23.5. The maximum Gasteiger partial charge on any atom is 0.408 e. The number of nitrogens with one attached hydrogen (secondary N) is 2. The van der Waals surface area contributed by atoms with Crippen LogP contribution in [0.2, 0.25) is 0 Å². The summed E-state index contributed by atoms with van der Waals surface area (Å²) < 4.78 is 15.2. The largest absolute Gasteiger partial charge is 0.467 e. The van der Waals surface area contributed by atoms with E-state index in [4.69, 9.17) is 14.2 Å². The van der Waals surface area contributed by atoms with E-state index in [1.54, 1.807) is 45.0 Å². The molecule has 1 aromatic rings. The van der Waals surface area contributed by atoms with Gasteiger partial charge in [0.1, 0.15) is 24.3 Å². The smallest absolute Gasteiger partial charge is 0.408 e. The van der Waals surface area contributed by atoms with Crippen molar-refractivity contribution in [2.75, 3.05) is 19.5 Å². The molecule has 1 heterocycles. The van der Waals surface area contributed by atoms with Crippen molar-refractivity contribution in [3.05, 3.63) is 35.4 Å². The molecule has 10 heteroatoms. The number of esters is 2. The van der Waals surface area contributed by atoms with Crippen molar-refractivity contribution in [2.45, 2.75) is 44.2 Å². The van der Waals surface area contributed by atoms with Gasteiger partial charge >= 0.3 is 18.0 Å². The number of cyclic esters (lactones) is 1. The van der Waals surface area contributed by atoms with Crippen LogP contribution in [0.15, 0.2) is 24.3 Å². The molecule has 1 aliphatic heterocycles. The fourth-order valence-electron chi connectivity index (χ4n) is 2.58. The van der Waals surface area contributed by atoms with Gasteiger partial charge in [-0.15, -0.1) is 0 Å². The Hall–Kier alpha value is -2.75. The van der Waals surface area contributed by atoms with Crippen LogP contribution in [0.4, 0.5) is 4.79 Å². The fraction of sp³-hybridized carbons (Fsp3) is 0.500. The van der Waals surface area contributed by atoms with E-state index in [1.165, 1.54) is 18.9 Å². The standard InChI is InChI=1S/C20H26N2O7S/c1-20(2,3)29-19(26)22-14-9-28-17(24)13-8-6-5-7-12(13)10-30-11-15(18(25)27-4)21-16(14)23/h5-8,14-15H,9-11H2,1-4H3,(H,21,23)(H,22,26)/t14?,15-/m0/s1. The minimum absolute atomic E-state index is 0.223. The molecule has 0 radical (unpaired) electrons. The van der Waals surface area contributed by atoms with Crippen molar-refractivity contribution < 1.29 is 33.4 Å². The third-order valence-corrected chi connectivity index (χ3v) is 5.05. The zero-order valence-corrected chi connectivity index (χ0v) is 18.2. The number of amides is 2. The molecule has 1 unspecified atom stereocenters. The predicted octanol–water partition coefficient (Wildman–Crippen LogP) is 1.64. The Labute approximate surface area is 179 Å². The lowest BCUT2D eigenvalue weighted by atomic mass is 10.1. The van der Waals surface area contributed by atoms with Crippen molar-refractivity contribution in [3.8, 4) is 0 Å². The fourth-order valence-corrected chi connectivity index (χ4v) is 3.63. The summed E-state index contributed by atoms with van der Waals surface area (Å²) in [5.74, 6) is -1.26. The lowest BCUT2D eigenvalue weighted by Crippen LogP contribution is -2.55. The van der Waals surface area contributed by atoms with Crippen LogP contribution in [0.3, 0.4) is 0 Å². The molecule has 0 bridgehead atoms. The lowest BCUT2D eigenvalue weighted by Gasteiger charge is -2.25. The molecule has 1 aliphatic rings. The van der Waals surface area contributed by atoms with E-state index in [1.807, 2.05) is 0 Å². The zero-order valence-electron chi connectivity index (χ0n) is 17.4. The van der Waals surface area contributed by atoms with E-state index in [0.717, 1.165) is 5.56 Å². The minimum Gasteiger partial charge on any atom is -0.467 e. The van der Waals surface area contributed by atoms with Gasteiger partial charge in [-0.05, 0) is 32.4 Å². The monoisotopic (exact) mass is 438 g/mol. The average molecular weight is 439 g/mol. The first-order valence-electron chi connectivity index (χ1n) is 9.31. The third-order valence-electron chi connectivity index (χ3n) is 3.97. The molecular formula is C20H26N2O7S. The van der Waals surface area contributed by atoms with Crippen LogP contribution in [0.25, 0.3) is 0 Å². The highest BCUT2D eigenvalue weighted by molar-refractivity contribution is 7.98. The first-order chi connectivity index (χ1) is 14.1. The molecule has 1 aromatic carbocycles. The highest BCUT2D eigenvalue weighted by atomic mass is 32.2. The number of rotatable bonds is 2. The number of fused-ring (bicyclic) bond motifs is 1. The van der Waals surface area contributed by atoms with Gasteiger partial charge in [0.25, 0.3) is 0 Å². The van der Waals surface area contributed by atoms with Gasteiger partial charge in [0.05, 0.1) is 12.7 Å². The van der Waals surface area contributed by atoms with Crippen LogP contribution < -0.4 is 10.6 Å². The second kappa shape index (κ2) is 10.3. The molecule has 0 aromatic heterocycles. The Bertz CT molecular complexity index is 807. The Balaban J connectivity index is 2.27. The van der Waals surface area contributed by atoms with Crippen LogP contribution in [-0.2, 0) is 29.6 Å². The van der Waals surface area contributed by atoms with Crippen LogP contribution in [0.1, 0.15) is 36.7 Å². The third kappa shape index (κ3) is 6.94. The number of carbonyl (C=O) groups excluding carboxylic acids is 4. The van der Waals surface area contributed by atoms with Gasteiger partial charge in [-0.2, -0.15) is 11.8 Å². The van der Waals surface area contributed by atoms with E-state index in [2.05, 4.69) is 10.6 Å². The number of alkyl carbamates (subject to hydrolysis) is 1. The molecular weight excluding hydrogens is 412 g/mol. The topological polar surface area (TPSA) is 120 Å². The average Bonchev–Trinajstić information content (AvgIpc) is 2.67. The summed E-state index contributed by atoms with van der Waals surface area (Å²) in [6, 6.07) is 4.72. The van der Waals surface area contributed by atoms with Crippen molar-refractivity contribution in [1.82, 2.24) is 10.6 Å². The Morgan fingerprint density at radius 2 is 1.93 bits per heavy atom. The molecule has 164 valence electrons. The molecule has 2 amide bonds. The molecule has 2 rings (SSSR count). The molecule has 0 aliphatic carbocycles. The second-order valence-electron chi connectivity index (χ2n) is 7.55. The van der Waals surface area contributed by atoms with Gasteiger partial charge in [0.2, 0.25) is 5.91 Å². The number of carbonyl (C=O) groups is 4. The molecule has 2 N–H and O–H groups in total. The summed E-state index contributed by atoms with van der Waals surface area (Å²) in [6.45, 7) is 4.60. The molecule has 30 heavy (non-hydrogen) atoms. The molecule has 0 saturated carbocycles. The minimum atomic E-state index is -1.26. The predicted molar refractivity (Wildman–Crippen MR) is 110 cm³/mol. The van der Waals surface area contributed by atoms with E-state index in [-0.39, 0.29) is 5.75 Å². The quantitative estimate of drug-likeness (QED) is 0.528. The number of ether oxygens (including phenoxy) is 3. The van der Waals surface area contributed by atoms with Gasteiger partial charge in [0, 0.05) is 11.5 Å². The van der Waals surface area contributed by atoms with E-state index in [0.29, 0.717) is 11.3 Å². The molecule has 0 saturated heterocycles. The summed E-state index contributed by atoms with van der Waals surface area (Å²) >= 11 is 1.35. The van der Waals surface area contributed by atoms with E-state index >= 15 is 0 Å². The lowest BCUT2D eigenvalue weighted by molar-refractivity contribution is -0.144. The van der Waals surface area contributed by atoms with E-state index in [9.17, 15) is 19.2 Å². The second-order valence-corrected chi connectivity index (χ2v) is 8.58. The highest BCUT2D eigenvalue weighted by Crippen LogP contribution is 2.19. The van der Waals surface area contributed by atoms with Crippen molar-refractivity contribution >= 4 is 35.7 Å². The highest BCUT2D eigenvalue weighted by Gasteiger charge is 2.31. The van der Waals surface area contributed by atoms with Gasteiger partial charge in [-0.25, -0.2) is 14.4 Å². The zero-order chi connectivity index (χ0) is 22.3. The van der Waals surface area contributed by atoms with Gasteiger partial charge < -0.3 is 24.8 Å². The molecule has 0 spiro atoms. The Morgan fingerprint density at radius 1 is 1.23 bits per heavy atom. The molecule has 9 nitrogen and oxygen atoms in total. The number of hydrogen-bond donors (Lipinski definition) is 2. The summed E-state index contributed by atoms with van der Waals surface area (Å²) in [5, 5.41) is 4.94. The van der Waals surface area contributed by atoms with Crippen molar-refractivity contribution in [1.29, 1.82) is 0 Å². The van der Waals surface area contributed by atoms with Crippen molar-refractivity contribution in [2.24, 2.45) is 0 Å². The summed E-state index contributed by atoms with van der Waals surface area (Å²) in [5.41, 5.74) is 0.309. The maximum atomic E-state index is 12.7. The normalized spacial score (nSPS) is 20.4. The van der Waals surface area contributed by atoms with Gasteiger partial charge in [0.15, 0.2) is 0 Å². The SMILES string of the molecule is COC(=O)[C@@H]1CSCc2ccccc2C(=O)OCC(NC(=O)OC(C)(C)C)C(=O)N1. The van der Waals surface area contributed by atoms with Gasteiger partial charge in [-0.3, -0.25) is 4.79 Å². The number of hydrogen-bond acceptors (Lipinski definition) is 8. The van der Waals surface area contributed by atoms with Gasteiger partial charge in [-0.1, -0.05) is 18.2 Å².